The highest BCUT2D eigenvalue weighted by atomic mass is 16.2. The van der Waals surface area contributed by atoms with Crippen LogP contribution in [-0.2, 0) is 0 Å². The number of aliphatic hydroxyl groups excluding tert-OH is 1. The van der Waals surface area contributed by atoms with Crippen molar-refractivity contribution >= 4 is 5.91 Å². The van der Waals surface area contributed by atoms with E-state index in [-0.39, 0.29) is 12.5 Å². The average Bonchev–Trinajstić information content (AvgIpc) is 2.33. The Morgan fingerprint density at radius 3 is 2.21 bits per heavy atom. The van der Waals surface area contributed by atoms with Crippen LogP contribution in [0.3, 0.4) is 0 Å². The van der Waals surface area contributed by atoms with Gasteiger partial charge in [-0.15, -0.1) is 0 Å². The number of benzene rings is 1. The van der Waals surface area contributed by atoms with Gasteiger partial charge in [0.05, 0.1) is 0 Å². The first-order valence-electron chi connectivity index (χ1n) is 6.91. The fourth-order valence-corrected chi connectivity index (χ4v) is 2.45. The third-order valence-corrected chi connectivity index (χ3v) is 3.39. The average molecular weight is 263 g/mol. The fraction of sp³-hybridized carbons (Fsp3) is 0.562. The van der Waals surface area contributed by atoms with E-state index in [1.165, 1.54) is 5.56 Å². The molecule has 0 aliphatic carbocycles. The Balaban J connectivity index is 2.72. The molecule has 0 aromatic heterocycles. The number of aryl methyl sites for hydroxylation is 3. The predicted molar refractivity (Wildman–Crippen MR) is 78.6 cm³/mol. The van der Waals surface area contributed by atoms with Gasteiger partial charge in [-0.05, 0) is 51.2 Å². The molecule has 1 rings (SSSR count). The number of carbonyl (C=O) groups is 1. The zero-order valence-electron chi connectivity index (χ0n) is 12.5. The van der Waals surface area contributed by atoms with Crippen LogP contribution in [0.5, 0.6) is 0 Å². The minimum Gasteiger partial charge on any atom is -0.396 e. The van der Waals surface area contributed by atoms with Crippen LogP contribution in [0.15, 0.2) is 12.1 Å². The van der Waals surface area contributed by atoms with Gasteiger partial charge in [-0.25, -0.2) is 0 Å². The molecule has 0 fully saturated rings. The lowest BCUT2D eigenvalue weighted by molar-refractivity contribution is 0.0790. The second-order valence-electron chi connectivity index (χ2n) is 5.28. The van der Waals surface area contributed by atoms with E-state index < -0.39 is 0 Å². The van der Waals surface area contributed by atoms with Gasteiger partial charge in [-0.3, -0.25) is 4.79 Å². The van der Waals surface area contributed by atoms with Crippen LogP contribution in [0.2, 0.25) is 0 Å². The van der Waals surface area contributed by atoms with Gasteiger partial charge in [0.1, 0.15) is 0 Å². The lowest BCUT2D eigenvalue weighted by Crippen LogP contribution is -2.29. The highest BCUT2D eigenvalue weighted by Crippen LogP contribution is 2.18. The van der Waals surface area contributed by atoms with Crippen LogP contribution >= 0.6 is 0 Å². The first-order chi connectivity index (χ1) is 8.97. The van der Waals surface area contributed by atoms with Gasteiger partial charge in [-0.2, -0.15) is 0 Å². The van der Waals surface area contributed by atoms with Crippen molar-refractivity contribution < 1.29 is 9.90 Å². The third-order valence-electron chi connectivity index (χ3n) is 3.39. The SMILES string of the molecule is Cc1cc(C)c(C(=O)N(C)CCCCCO)c(C)c1. The summed E-state index contributed by atoms with van der Waals surface area (Å²) in [6.07, 6.45) is 2.71. The smallest absolute Gasteiger partial charge is 0.254 e. The largest absolute Gasteiger partial charge is 0.396 e. The summed E-state index contributed by atoms with van der Waals surface area (Å²) in [5.41, 5.74) is 4.11. The topological polar surface area (TPSA) is 40.5 Å². The monoisotopic (exact) mass is 263 g/mol. The second-order valence-corrected chi connectivity index (χ2v) is 5.28. The molecule has 1 aromatic carbocycles. The molecular formula is C16H25NO2. The molecule has 0 aliphatic heterocycles. The van der Waals surface area contributed by atoms with E-state index in [9.17, 15) is 4.79 Å². The van der Waals surface area contributed by atoms with E-state index in [0.29, 0.717) is 0 Å². The van der Waals surface area contributed by atoms with E-state index in [4.69, 9.17) is 5.11 Å². The van der Waals surface area contributed by atoms with Gasteiger partial charge in [-0.1, -0.05) is 17.7 Å². The van der Waals surface area contributed by atoms with Crippen molar-refractivity contribution in [3.8, 4) is 0 Å². The zero-order chi connectivity index (χ0) is 14.4. The van der Waals surface area contributed by atoms with Crippen LogP contribution in [-0.4, -0.2) is 36.1 Å². The quantitative estimate of drug-likeness (QED) is 0.802. The number of carbonyl (C=O) groups excluding carboxylic acids is 1. The van der Waals surface area contributed by atoms with Crippen molar-refractivity contribution in [1.29, 1.82) is 0 Å². The second kappa shape index (κ2) is 7.29. The molecule has 0 radical (unpaired) electrons. The molecule has 0 aliphatic rings. The number of hydrogen-bond donors (Lipinski definition) is 1. The Kier molecular flexibility index (Phi) is 6.03. The van der Waals surface area contributed by atoms with Crippen LogP contribution < -0.4 is 0 Å². The standard InChI is InChI=1S/C16H25NO2/c1-12-10-13(2)15(14(3)11-12)16(19)17(4)8-6-5-7-9-18/h10-11,18H,5-9H2,1-4H3. The molecular weight excluding hydrogens is 238 g/mol. The Morgan fingerprint density at radius 1 is 1.11 bits per heavy atom. The minimum atomic E-state index is 0.0963. The van der Waals surface area contributed by atoms with Gasteiger partial charge in [0.25, 0.3) is 5.91 Å². The molecule has 0 bridgehead atoms. The first kappa shape index (κ1) is 15.7. The summed E-state index contributed by atoms with van der Waals surface area (Å²) >= 11 is 0. The van der Waals surface area contributed by atoms with Crippen molar-refractivity contribution in [2.45, 2.75) is 40.0 Å². The van der Waals surface area contributed by atoms with Crippen molar-refractivity contribution in [1.82, 2.24) is 4.90 Å². The Morgan fingerprint density at radius 2 is 1.68 bits per heavy atom. The van der Waals surface area contributed by atoms with Crippen molar-refractivity contribution in [2.75, 3.05) is 20.2 Å². The maximum Gasteiger partial charge on any atom is 0.254 e. The van der Waals surface area contributed by atoms with Gasteiger partial charge in [0.2, 0.25) is 0 Å². The Hall–Kier alpha value is -1.35. The molecule has 1 amide bonds. The molecule has 106 valence electrons. The molecule has 3 heteroatoms. The van der Waals surface area contributed by atoms with E-state index in [1.807, 2.05) is 27.8 Å². The molecule has 19 heavy (non-hydrogen) atoms. The van der Waals surface area contributed by atoms with Crippen LogP contribution in [0.4, 0.5) is 0 Å². The molecule has 0 saturated heterocycles. The van der Waals surface area contributed by atoms with Crippen molar-refractivity contribution in [3.63, 3.8) is 0 Å². The van der Waals surface area contributed by atoms with Gasteiger partial charge in [0, 0.05) is 25.8 Å². The summed E-state index contributed by atoms with van der Waals surface area (Å²) in [5, 5.41) is 8.74. The number of nitrogens with zero attached hydrogens (tertiary/aromatic N) is 1. The zero-order valence-corrected chi connectivity index (χ0v) is 12.5. The van der Waals surface area contributed by atoms with Crippen LogP contribution in [0, 0.1) is 20.8 Å². The normalized spacial score (nSPS) is 10.6. The van der Waals surface area contributed by atoms with Crippen molar-refractivity contribution in [3.05, 3.63) is 34.4 Å². The number of aliphatic hydroxyl groups is 1. The van der Waals surface area contributed by atoms with E-state index in [0.717, 1.165) is 42.5 Å². The lowest BCUT2D eigenvalue weighted by Gasteiger charge is -2.20. The highest BCUT2D eigenvalue weighted by molar-refractivity contribution is 5.97. The molecule has 0 spiro atoms. The lowest BCUT2D eigenvalue weighted by atomic mass is 9.99. The van der Waals surface area contributed by atoms with Gasteiger partial charge in [0.15, 0.2) is 0 Å². The summed E-state index contributed by atoms with van der Waals surface area (Å²) in [6, 6.07) is 4.11. The van der Waals surface area contributed by atoms with Crippen LogP contribution in [0.25, 0.3) is 0 Å². The molecule has 0 unspecified atom stereocenters. The Labute approximate surface area is 116 Å². The molecule has 0 heterocycles. The maximum atomic E-state index is 12.4. The molecule has 1 N–H and O–H groups in total. The summed E-state index contributed by atoms with van der Waals surface area (Å²) < 4.78 is 0. The number of hydrogen-bond acceptors (Lipinski definition) is 2. The molecule has 1 aromatic rings. The molecule has 0 saturated carbocycles. The number of rotatable bonds is 6. The molecule has 3 nitrogen and oxygen atoms in total. The highest BCUT2D eigenvalue weighted by Gasteiger charge is 2.16. The summed E-state index contributed by atoms with van der Waals surface area (Å²) in [6.45, 7) is 7.01. The Bertz CT molecular complexity index is 417. The third kappa shape index (κ3) is 4.35. The summed E-state index contributed by atoms with van der Waals surface area (Å²) in [5.74, 6) is 0.0963. The summed E-state index contributed by atoms with van der Waals surface area (Å²) in [7, 11) is 1.85. The van der Waals surface area contributed by atoms with E-state index >= 15 is 0 Å². The van der Waals surface area contributed by atoms with Gasteiger partial charge < -0.3 is 10.0 Å². The van der Waals surface area contributed by atoms with Crippen molar-refractivity contribution in [2.24, 2.45) is 0 Å². The number of amides is 1. The van der Waals surface area contributed by atoms with E-state index in [1.54, 1.807) is 4.90 Å². The fourth-order valence-electron chi connectivity index (χ4n) is 2.45. The van der Waals surface area contributed by atoms with Crippen LogP contribution in [0.1, 0.15) is 46.3 Å². The molecule has 0 atom stereocenters. The predicted octanol–water partition coefficient (Wildman–Crippen LogP) is 2.85. The number of unbranched alkanes of at least 4 members (excludes halogenated alkanes) is 2. The summed E-state index contributed by atoms with van der Waals surface area (Å²) in [4.78, 5) is 14.2. The first-order valence-corrected chi connectivity index (χ1v) is 6.91. The maximum absolute atomic E-state index is 12.4. The minimum absolute atomic E-state index is 0.0963. The van der Waals surface area contributed by atoms with E-state index in [2.05, 4.69) is 12.1 Å². The van der Waals surface area contributed by atoms with Gasteiger partial charge >= 0.3 is 0 Å².